The minimum atomic E-state index is -0.908. The Balaban J connectivity index is 1.39. The van der Waals surface area contributed by atoms with Crippen LogP contribution in [-0.4, -0.2) is 46.9 Å². The molecule has 0 aromatic heterocycles. The molecular formula is C32H36N2O6. The maximum Gasteiger partial charge on any atom is 0.410 e. The molecule has 0 aliphatic heterocycles. The van der Waals surface area contributed by atoms with Crippen LogP contribution in [0.15, 0.2) is 72.8 Å². The van der Waals surface area contributed by atoms with E-state index >= 15 is 0 Å². The van der Waals surface area contributed by atoms with E-state index in [-0.39, 0.29) is 32.0 Å². The van der Waals surface area contributed by atoms with E-state index in [0.29, 0.717) is 13.0 Å². The van der Waals surface area contributed by atoms with Crippen LogP contribution in [0, 0.1) is 0 Å². The van der Waals surface area contributed by atoms with Gasteiger partial charge >= 0.3 is 18.2 Å². The van der Waals surface area contributed by atoms with Crippen molar-refractivity contribution < 1.29 is 29.0 Å². The van der Waals surface area contributed by atoms with Crippen LogP contribution in [0.1, 0.15) is 61.8 Å². The van der Waals surface area contributed by atoms with Crippen molar-refractivity contribution in [3.63, 3.8) is 0 Å². The number of nitrogens with one attached hydrogen (secondary N) is 1. The monoisotopic (exact) mass is 544 g/mol. The van der Waals surface area contributed by atoms with Gasteiger partial charge < -0.3 is 24.8 Å². The van der Waals surface area contributed by atoms with Gasteiger partial charge in [0.25, 0.3) is 0 Å². The topological polar surface area (TPSA) is 105 Å². The first kappa shape index (κ1) is 28.7. The number of alkyl carbamates (subject to hydrolysis) is 1. The Labute approximate surface area is 234 Å². The number of rotatable bonds is 10. The highest BCUT2D eigenvalue weighted by Crippen LogP contribution is 2.44. The SMILES string of the molecule is CC(C)(C)OC(=O)NCc1ccc(CN(CCCC(=O)O)C(=O)OCC2c3ccccc3-c3ccccc32)cc1. The number of hydrogen-bond acceptors (Lipinski definition) is 5. The van der Waals surface area contributed by atoms with Crippen LogP contribution in [0.25, 0.3) is 11.1 Å². The van der Waals surface area contributed by atoms with E-state index in [1.54, 1.807) is 25.7 Å². The Hall–Kier alpha value is -4.33. The zero-order valence-electron chi connectivity index (χ0n) is 23.2. The molecule has 0 atom stereocenters. The lowest BCUT2D eigenvalue weighted by Crippen LogP contribution is -2.33. The molecule has 3 aromatic rings. The quantitative estimate of drug-likeness (QED) is 0.309. The van der Waals surface area contributed by atoms with Crippen LogP contribution in [0.4, 0.5) is 9.59 Å². The Kier molecular flexibility index (Phi) is 9.09. The molecule has 0 heterocycles. The summed E-state index contributed by atoms with van der Waals surface area (Å²) in [5, 5.41) is 11.8. The molecule has 0 radical (unpaired) electrons. The van der Waals surface area contributed by atoms with Gasteiger partial charge in [-0.15, -0.1) is 0 Å². The maximum absolute atomic E-state index is 13.3. The second-order valence-electron chi connectivity index (χ2n) is 10.9. The zero-order valence-corrected chi connectivity index (χ0v) is 23.2. The Morgan fingerprint density at radius 1 is 0.875 bits per heavy atom. The molecule has 2 amide bonds. The predicted molar refractivity (Wildman–Crippen MR) is 152 cm³/mol. The predicted octanol–water partition coefficient (Wildman–Crippen LogP) is 6.33. The molecule has 210 valence electrons. The standard InChI is InChI=1S/C32H36N2O6/c1-32(2,3)40-30(37)33-19-22-14-16-23(17-15-22)20-34(18-8-13-29(35)36)31(38)39-21-28-26-11-6-4-9-24(26)25-10-5-7-12-27(25)28/h4-7,9-12,14-17,28H,8,13,18-21H2,1-3H3,(H,33,37)(H,35,36). The van der Waals surface area contributed by atoms with E-state index in [9.17, 15) is 14.4 Å². The summed E-state index contributed by atoms with van der Waals surface area (Å²) in [7, 11) is 0. The average molecular weight is 545 g/mol. The number of carboxylic acids is 1. The number of carbonyl (C=O) groups is 3. The van der Waals surface area contributed by atoms with Crippen LogP contribution in [0.3, 0.4) is 0 Å². The largest absolute Gasteiger partial charge is 0.481 e. The minimum absolute atomic E-state index is 0.0393. The number of hydrogen-bond donors (Lipinski definition) is 2. The molecule has 0 bridgehead atoms. The number of fused-ring (bicyclic) bond motifs is 3. The minimum Gasteiger partial charge on any atom is -0.481 e. The van der Waals surface area contributed by atoms with Crippen molar-refractivity contribution in [2.75, 3.05) is 13.2 Å². The van der Waals surface area contributed by atoms with Gasteiger partial charge in [0, 0.05) is 32.0 Å². The van der Waals surface area contributed by atoms with Crippen LogP contribution < -0.4 is 5.32 Å². The first-order chi connectivity index (χ1) is 19.1. The first-order valence-corrected chi connectivity index (χ1v) is 13.5. The molecule has 0 saturated heterocycles. The number of ether oxygens (including phenoxy) is 2. The van der Waals surface area contributed by atoms with E-state index in [1.807, 2.05) is 48.5 Å². The summed E-state index contributed by atoms with van der Waals surface area (Å²) in [4.78, 5) is 37.8. The van der Waals surface area contributed by atoms with Gasteiger partial charge in [-0.2, -0.15) is 0 Å². The van der Waals surface area contributed by atoms with Crippen molar-refractivity contribution in [2.45, 2.75) is 58.2 Å². The van der Waals surface area contributed by atoms with E-state index in [0.717, 1.165) is 33.4 Å². The average Bonchev–Trinajstić information content (AvgIpc) is 3.23. The summed E-state index contributed by atoms with van der Waals surface area (Å²) < 4.78 is 11.1. The fraction of sp³-hybridized carbons (Fsp3) is 0.344. The van der Waals surface area contributed by atoms with Crippen LogP contribution >= 0.6 is 0 Å². The summed E-state index contributed by atoms with van der Waals surface area (Å²) >= 11 is 0. The van der Waals surface area contributed by atoms with Gasteiger partial charge in [-0.05, 0) is 60.6 Å². The molecule has 3 aromatic carbocycles. The van der Waals surface area contributed by atoms with Crippen molar-refractivity contribution >= 4 is 18.2 Å². The van der Waals surface area contributed by atoms with Gasteiger partial charge in [-0.25, -0.2) is 9.59 Å². The molecular weight excluding hydrogens is 508 g/mol. The second kappa shape index (κ2) is 12.7. The van der Waals surface area contributed by atoms with E-state index < -0.39 is 23.8 Å². The molecule has 40 heavy (non-hydrogen) atoms. The molecule has 0 saturated carbocycles. The van der Waals surface area contributed by atoms with Gasteiger partial charge in [0.15, 0.2) is 0 Å². The van der Waals surface area contributed by atoms with Crippen LogP contribution in [-0.2, 0) is 27.4 Å². The molecule has 0 spiro atoms. The van der Waals surface area contributed by atoms with Crippen LogP contribution in [0.5, 0.6) is 0 Å². The summed E-state index contributed by atoms with van der Waals surface area (Å²) in [6, 6.07) is 23.8. The second-order valence-corrected chi connectivity index (χ2v) is 10.9. The number of carboxylic acid groups (broad SMARTS) is 1. The Morgan fingerprint density at radius 3 is 2.02 bits per heavy atom. The lowest BCUT2D eigenvalue weighted by Gasteiger charge is -2.24. The number of nitrogens with zero attached hydrogens (tertiary/aromatic N) is 1. The van der Waals surface area contributed by atoms with E-state index in [4.69, 9.17) is 14.6 Å². The molecule has 0 unspecified atom stereocenters. The van der Waals surface area contributed by atoms with Crippen LogP contribution in [0.2, 0.25) is 0 Å². The number of aliphatic carboxylic acids is 1. The molecule has 1 aliphatic carbocycles. The summed E-state index contributed by atoms with van der Waals surface area (Å²) in [6.45, 7) is 6.45. The molecule has 1 aliphatic rings. The Morgan fingerprint density at radius 2 is 1.45 bits per heavy atom. The van der Waals surface area contributed by atoms with Gasteiger partial charge in [0.05, 0.1) is 0 Å². The summed E-state index contributed by atoms with van der Waals surface area (Å²) in [5.74, 6) is -0.969. The lowest BCUT2D eigenvalue weighted by atomic mass is 9.98. The third kappa shape index (κ3) is 7.62. The van der Waals surface area contributed by atoms with Crippen molar-refractivity contribution in [2.24, 2.45) is 0 Å². The highest BCUT2D eigenvalue weighted by molar-refractivity contribution is 5.79. The van der Waals surface area contributed by atoms with Gasteiger partial charge in [-0.1, -0.05) is 72.8 Å². The third-order valence-electron chi connectivity index (χ3n) is 6.65. The molecule has 8 heteroatoms. The normalized spacial score (nSPS) is 12.3. The Bertz CT molecular complexity index is 1300. The first-order valence-electron chi connectivity index (χ1n) is 13.5. The van der Waals surface area contributed by atoms with Crippen molar-refractivity contribution in [1.29, 1.82) is 0 Å². The lowest BCUT2D eigenvalue weighted by molar-refractivity contribution is -0.137. The van der Waals surface area contributed by atoms with Crippen molar-refractivity contribution in [1.82, 2.24) is 10.2 Å². The number of carbonyl (C=O) groups excluding carboxylic acids is 2. The van der Waals surface area contributed by atoms with Gasteiger partial charge in [-0.3, -0.25) is 4.79 Å². The highest BCUT2D eigenvalue weighted by atomic mass is 16.6. The third-order valence-corrected chi connectivity index (χ3v) is 6.65. The van der Waals surface area contributed by atoms with E-state index in [1.165, 1.54) is 0 Å². The summed E-state index contributed by atoms with van der Waals surface area (Å²) in [6.07, 6.45) is -0.695. The van der Waals surface area contributed by atoms with Gasteiger partial charge in [0.1, 0.15) is 12.2 Å². The van der Waals surface area contributed by atoms with Gasteiger partial charge in [0.2, 0.25) is 0 Å². The molecule has 8 nitrogen and oxygen atoms in total. The van der Waals surface area contributed by atoms with E-state index in [2.05, 4.69) is 29.6 Å². The molecule has 4 rings (SSSR count). The smallest absolute Gasteiger partial charge is 0.410 e. The number of benzene rings is 3. The highest BCUT2D eigenvalue weighted by Gasteiger charge is 2.29. The summed E-state index contributed by atoms with van der Waals surface area (Å²) in [5.41, 5.74) is 5.74. The van der Waals surface area contributed by atoms with Crippen molar-refractivity contribution in [3.8, 4) is 11.1 Å². The fourth-order valence-electron chi connectivity index (χ4n) is 4.81. The molecule has 2 N–H and O–H groups in total. The zero-order chi connectivity index (χ0) is 28.7. The van der Waals surface area contributed by atoms with Crippen molar-refractivity contribution in [3.05, 3.63) is 95.1 Å². The number of amides is 2. The molecule has 0 fully saturated rings. The maximum atomic E-state index is 13.3. The fourth-order valence-corrected chi connectivity index (χ4v) is 4.81.